The number of hydrogen-bond acceptors (Lipinski definition) is 1. The summed E-state index contributed by atoms with van der Waals surface area (Å²) >= 11 is 0. The molecule has 0 spiro atoms. The molecule has 3 rings (SSSR count). The number of benzene rings is 2. The molecule has 2 aromatic rings. The van der Waals surface area contributed by atoms with Crippen molar-refractivity contribution in [2.75, 3.05) is 0 Å². The van der Waals surface area contributed by atoms with Gasteiger partial charge in [0.1, 0.15) is 0 Å². The van der Waals surface area contributed by atoms with E-state index in [0.29, 0.717) is 11.5 Å². The summed E-state index contributed by atoms with van der Waals surface area (Å²) in [5, 5.41) is 11.2. The molecule has 2 nitrogen and oxygen atoms in total. The maximum atomic E-state index is 11.6. The van der Waals surface area contributed by atoms with Crippen molar-refractivity contribution in [1.29, 1.82) is 0 Å². The van der Waals surface area contributed by atoms with Crippen LogP contribution in [0.4, 0.5) is 0 Å². The van der Waals surface area contributed by atoms with E-state index in [-0.39, 0.29) is 0 Å². The third-order valence-corrected chi connectivity index (χ3v) is 4.59. The first-order chi connectivity index (χ1) is 11.4. The van der Waals surface area contributed by atoms with Gasteiger partial charge in [0.05, 0.1) is 5.92 Å². The van der Waals surface area contributed by atoms with Crippen LogP contribution >= 0.6 is 0 Å². The van der Waals surface area contributed by atoms with Crippen LogP contribution in [0.1, 0.15) is 66.0 Å². The predicted molar refractivity (Wildman–Crippen MR) is 85.8 cm³/mol. The maximum absolute atomic E-state index is 11.6. The van der Waals surface area contributed by atoms with E-state index in [0.717, 1.165) is 23.6 Å². The molecule has 0 aliphatic heterocycles. The molecular weight excluding hydrogens is 260 g/mol. The van der Waals surface area contributed by atoms with Gasteiger partial charge in [0, 0.05) is 4.11 Å². The van der Waals surface area contributed by atoms with Crippen molar-refractivity contribution in [3.63, 3.8) is 0 Å². The van der Waals surface area contributed by atoms with Gasteiger partial charge in [-0.05, 0) is 47.5 Å². The lowest BCUT2D eigenvalue weighted by Crippen LogP contribution is -2.10. The Morgan fingerprint density at radius 1 is 1.14 bits per heavy atom. The quantitative estimate of drug-likeness (QED) is 0.854. The first kappa shape index (κ1) is 10.8. The Bertz CT molecular complexity index is 746. The molecule has 0 heterocycles. The maximum Gasteiger partial charge on any atom is 0.310 e. The van der Waals surface area contributed by atoms with Gasteiger partial charge in [-0.2, -0.15) is 0 Å². The van der Waals surface area contributed by atoms with Crippen LogP contribution in [0.3, 0.4) is 0 Å². The van der Waals surface area contributed by atoms with Crippen molar-refractivity contribution in [1.82, 2.24) is 0 Å². The lowest BCUT2D eigenvalue weighted by Gasteiger charge is -2.24. The van der Waals surface area contributed by atoms with Gasteiger partial charge in [-0.1, -0.05) is 55.7 Å². The summed E-state index contributed by atoms with van der Waals surface area (Å²) in [6.45, 7) is -2.57. The van der Waals surface area contributed by atoms with Crippen LogP contribution in [0.5, 0.6) is 0 Å². The Balaban J connectivity index is 2.16. The zero-order valence-electron chi connectivity index (χ0n) is 15.0. The SMILES string of the molecule is [2H]C([2H])([2H])C(C(=O)O)c1ccc(C2CCCCC2)c2ccccc12. The van der Waals surface area contributed by atoms with Gasteiger partial charge in [-0.25, -0.2) is 0 Å². The van der Waals surface area contributed by atoms with E-state index in [2.05, 4.69) is 0 Å². The topological polar surface area (TPSA) is 37.3 Å². The average Bonchev–Trinajstić information content (AvgIpc) is 2.54. The third-order valence-electron chi connectivity index (χ3n) is 4.59. The molecule has 2 aromatic carbocycles. The zero-order chi connectivity index (χ0) is 17.3. The second kappa shape index (κ2) is 5.88. The fraction of sp³-hybridized carbons (Fsp3) is 0.421. The number of fused-ring (bicyclic) bond motifs is 1. The highest BCUT2D eigenvalue weighted by Gasteiger charge is 2.21. The Morgan fingerprint density at radius 2 is 1.86 bits per heavy atom. The Hall–Kier alpha value is -1.83. The van der Waals surface area contributed by atoms with Crippen LogP contribution in [0.15, 0.2) is 36.4 Å². The highest BCUT2D eigenvalue weighted by molar-refractivity contribution is 5.93. The van der Waals surface area contributed by atoms with Gasteiger partial charge >= 0.3 is 5.97 Å². The summed E-state index contributed by atoms with van der Waals surface area (Å²) < 4.78 is 22.9. The van der Waals surface area contributed by atoms with Gasteiger partial charge < -0.3 is 5.11 Å². The molecule has 1 aliphatic rings. The van der Waals surface area contributed by atoms with E-state index >= 15 is 0 Å². The summed E-state index contributed by atoms with van der Waals surface area (Å²) in [6, 6.07) is 11.3. The molecule has 1 unspecified atom stereocenters. The monoisotopic (exact) mass is 285 g/mol. The minimum atomic E-state index is -2.57. The van der Waals surface area contributed by atoms with Gasteiger partial charge in [0.25, 0.3) is 0 Å². The number of carbonyl (C=O) groups is 1. The molecule has 110 valence electrons. The molecule has 0 bridgehead atoms. The summed E-state index contributed by atoms with van der Waals surface area (Å²) in [5.74, 6) is -2.32. The van der Waals surface area contributed by atoms with E-state index in [1.807, 2.05) is 30.3 Å². The molecular formula is C19H22O2. The molecule has 1 fully saturated rings. The van der Waals surface area contributed by atoms with Crippen molar-refractivity contribution >= 4 is 16.7 Å². The van der Waals surface area contributed by atoms with Crippen molar-refractivity contribution in [3.05, 3.63) is 47.5 Å². The standard InChI is InChI=1S/C19H22O2/c1-13(19(20)21)15-11-12-16(14-7-3-2-4-8-14)18-10-6-5-9-17(15)18/h5-6,9-14H,2-4,7-8H2,1H3,(H,20,21)/i1D3. The molecule has 1 saturated carbocycles. The van der Waals surface area contributed by atoms with Crippen LogP contribution < -0.4 is 0 Å². The largest absolute Gasteiger partial charge is 0.481 e. The van der Waals surface area contributed by atoms with Gasteiger partial charge in [0.15, 0.2) is 0 Å². The van der Waals surface area contributed by atoms with E-state index in [1.165, 1.54) is 24.8 Å². The van der Waals surface area contributed by atoms with Crippen LogP contribution in [-0.2, 0) is 4.79 Å². The number of rotatable bonds is 3. The van der Waals surface area contributed by atoms with Crippen molar-refractivity contribution in [3.8, 4) is 0 Å². The van der Waals surface area contributed by atoms with Crippen LogP contribution in [-0.4, -0.2) is 11.1 Å². The van der Waals surface area contributed by atoms with Crippen molar-refractivity contribution in [2.45, 2.75) is 50.8 Å². The second-order valence-corrected chi connectivity index (χ2v) is 5.90. The summed E-state index contributed by atoms with van der Waals surface area (Å²) in [4.78, 5) is 11.6. The second-order valence-electron chi connectivity index (χ2n) is 5.90. The Morgan fingerprint density at radius 3 is 2.52 bits per heavy atom. The first-order valence-corrected chi connectivity index (χ1v) is 7.64. The van der Waals surface area contributed by atoms with E-state index in [9.17, 15) is 9.90 Å². The van der Waals surface area contributed by atoms with E-state index in [1.54, 1.807) is 6.07 Å². The number of carboxylic acids is 1. The predicted octanol–water partition coefficient (Wildman–Crippen LogP) is 5.08. The van der Waals surface area contributed by atoms with Crippen LogP contribution in [0.2, 0.25) is 0 Å². The molecule has 1 aliphatic carbocycles. The molecule has 1 N–H and O–H groups in total. The number of aliphatic carboxylic acids is 1. The lowest BCUT2D eigenvalue weighted by atomic mass is 9.80. The average molecular weight is 285 g/mol. The van der Waals surface area contributed by atoms with Crippen LogP contribution in [0.25, 0.3) is 10.8 Å². The van der Waals surface area contributed by atoms with Crippen LogP contribution in [0, 0.1) is 0 Å². The fourth-order valence-corrected chi connectivity index (χ4v) is 3.50. The molecule has 1 atom stereocenters. The molecule has 0 amide bonds. The highest BCUT2D eigenvalue weighted by atomic mass is 16.4. The third kappa shape index (κ3) is 2.67. The molecule has 2 heteroatoms. The Kier molecular flexibility index (Phi) is 3.04. The van der Waals surface area contributed by atoms with E-state index in [4.69, 9.17) is 4.11 Å². The Labute approximate surface area is 130 Å². The van der Waals surface area contributed by atoms with Crippen molar-refractivity contribution in [2.24, 2.45) is 0 Å². The van der Waals surface area contributed by atoms with Gasteiger partial charge in [-0.3, -0.25) is 4.79 Å². The summed E-state index contributed by atoms with van der Waals surface area (Å²) in [6.07, 6.45) is 5.99. The number of hydrogen-bond donors (Lipinski definition) is 1. The summed E-state index contributed by atoms with van der Waals surface area (Å²) in [7, 11) is 0. The van der Waals surface area contributed by atoms with E-state index < -0.39 is 18.7 Å². The van der Waals surface area contributed by atoms with Gasteiger partial charge in [-0.15, -0.1) is 0 Å². The molecule has 0 radical (unpaired) electrons. The lowest BCUT2D eigenvalue weighted by molar-refractivity contribution is -0.138. The minimum Gasteiger partial charge on any atom is -0.481 e. The first-order valence-electron chi connectivity index (χ1n) is 9.14. The zero-order valence-corrected chi connectivity index (χ0v) is 12.0. The molecule has 0 aromatic heterocycles. The van der Waals surface area contributed by atoms with Gasteiger partial charge in [0.2, 0.25) is 0 Å². The van der Waals surface area contributed by atoms with Crippen molar-refractivity contribution < 1.29 is 14.0 Å². The highest BCUT2D eigenvalue weighted by Crippen LogP contribution is 2.38. The molecule has 21 heavy (non-hydrogen) atoms. The fourth-order valence-electron chi connectivity index (χ4n) is 3.50. The number of carboxylic acid groups (broad SMARTS) is 1. The smallest absolute Gasteiger partial charge is 0.310 e. The normalized spacial score (nSPS) is 20.5. The summed E-state index contributed by atoms with van der Waals surface area (Å²) in [5.41, 5.74) is 1.61. The minimum absolute atomic E-state index is 0.387. The molecule has 0 saturated heterocycles.